The van der Waals surface area contributed by atoms with Crippen LogP contribution in [0.25, 0.3) is 0 Å². The highest BCUT2D eigenvalue weighted by Gasteiger charge is 2.05. The van der Waals surface area contributed by atoms with E-state index >= 15 is 0 Å². The number of amides is 1. The number of aliphatic hydroxyl groups is 1. The lowest BCUT2D eigenvalue weighted by atomic mass is 10.3. The fraction of sp³-hybridized carbons (Fsp3) is 0.308. The molecule has 2 heterocycles. The molecule has 8 heteroatoms. The Bertz CT molecular complexity index is 602. The molecule has 7 nitrogen and oxygen atoms in total. The number of pyridine rings is 1. The molecule has 0 aliphatic heterocycles. The van der Waals surface area contributed by atoms with E-state index in [4.69, 9.17) is 16.7 Å². The van der Waals surface area contributed by atoms with Gasteiger partial charge in [0.25, 0.3) is 0 Å². The van der Waals surface area contributed by atoms with Gasteiger partial charge in [0.05, 0.1) is 18.5 Å². The lowest BCUT2D eigenvalue weighted by Gasteiger charge is -2.05. The molecule has 2 aromatic rings. The Balaban J connectivity index is 1.86. The summed E-state index contributed by atoms with van der Waals surface area (Å²) in [5, 5.41) is 18.9. The SMILES string of the molecule is O=C(Cn1cc(NCc2cccnc2Cl)cn1)NCCO. The van der Waals surface area contributed by atoms with E-state index in [0.717, 1.165) is 11.3 Å². The van der Waals surface area contributed by atoms with Gasteiger partial charge < -0.3 is 15.7 Å². The molecule has 0 atom stereocenters. The molecule has 0 unspecified atom stereocenters. The van der Waals surface area contributed by atoms with Gasteiger partial charge in [-0.2, -0.15) is 5.10 Å². The van der Waals surface area contributed by atoms with Crippen molar-refractivity contribution < 1.29 is 9.90 Å². The summed E-state index contributed by atoms with van der Waals surface area (Å²) in [5.74, 6) is -0.200. The Hall–Kier alpha value is -2.12. The van der Waals surface area contributed by atoms with Crippen molar-refractivity contribution >= 4 is 23.2 Å². The minimum Gasteiger partial charge on any atom is -0.395 e. The molecule has 0 bridgehead atoms. The lowest BCUT2D eigenvalue weighted by Crippen LogP contribution is -2.30. The zero-order valence-corrected chi connectivity index (χ0v) is 12.0. The number of rotatable bonds is 7. The lowest BCUT2D eigenvalue weighted by molar-refractivity contribution is -0.122. The molecule has 112 valence electrons. The van der Waals surface area contributed by atoms with Gasteiger partial charge in [0.2, 0.25) is 5.91 Å². The van der Waals surface area contributed by atoms with Gasteiger partial charge in [0, 0.05) is 31.0 Å². The number of hydrogen-bond donors (Lipinski definition) is 3. The van der Waals surface area contributed by atoms with Crippen LogP contribution >= 0.6 is 11.6 Å². The van der Waals surface area contributed by atoms with Crippen molar-refractivity contribution in [1.82, 2.24) is 20.1 Å². The van der Waals surface area contributed by atoms with Crippen molar-refractivity contribution in [2.75, 3.05) is 18.5 Å². The number of aromatic nitrogens is 3. The predicted octanol–water partition coefficient (Wildman–Crippen LogP) is 0.652. The van der Waals surface area contributed by atoms with Gasteiger partial charge >= 0.3 is 0 Å². The van der Waals surface area contributed by atoms with Gasteiger partial charge in [-0.25, -0.2) is 4.98 Å². The van der Waals surface area contributed by atoms with E-state index < -0.39 is 0 Å². The number of anilines is 1. The Morgan fingerprint density at radius 1 is 1.48 bits per heavy atom. The van der Waals surface area contributed by atoms with Crippen LogP contribution in [0.4, 0.5) is 5.69 Å². The summed E-state index contributed by atoms with van der Waals surface area (Å²) in [4.78, 5) is 15.5. The van der Waals surface area contributed by atoms with Gasteiger partial charge in [-0.15, -0.1) is 0 Å². The highest BCUT2D eigenvalue weighted by Crippen LogP contribution is 2.14. The van der Waals surface area contributed by atoms with E-state index in [1.807, 2.05) is 12.1 Å². The third-order valence-corrected chi connectivity index (χ3v) is 3.03. The summed E-state index contributed by atoms with van der Waals surface area (Å²) in [5.41, 5.74) is 1.66. The van der Waals surface area contributed by atoms with Crippen LogP contribution < -0.4 is 10.6 Å². The first-order valence-corrected chi connectivity index (χ1v) is 6.80. The third kappa shape index (κ3) is 4.73. The maximum absolute atomic E-state index is 11.5. The highest BCUT2D eigenvalue weighted by molar-refractivity contribution is 6.30. The summed E-state index contributed by atoms with van der Waals surface area (Å²) in [6.45, 7) is 0.790. The van der Waals surface area contributed by atoms with Crippen molar-refractivity contribution in [3.63, 3.8) is 0 Å². The molecule has 0 radical (unpaired) electrons. The number of aliphatic hydroxyl groups excluding tert-OH is 1. The molecular formula is C13H16ClN5O2. The Labute approximate surface area is 126 Å². The molecule has 0 saturated carbocycles. The molecule has 0 aliphatic rings. The summed E-state index contributed by atoms with van der Waals surface area (Å²) < 4.78 is 1.51. The van der Waals surface area contributed by atoms with Crippen molar-refractivity contribution in [3.05, 3.63) is 41.4 Å². The van der Waals surface area contributed by atoms with Gasteiger partial charge in [-0.05, 0) is 6.07 Å². The molecule has 1 amide bonds. The Morgan fingerprint density at radius 2 is 2.33 bits per heavy atom. The number of nitrogens with one attached hydrogen (secondary N) is 2. The van der Waals surface area contributed by atoms with Crippen LogP contribution in [0.1, 0.15) is 5.56 Å². The second kappa shape index (κ2) is 7.61. The zero-order chi connectivity index (χ0) is 15.1. The Morgan fingerprint density at radius 3 is 3.10 bits per heavy atom. The first kappa shape index (κ1) is 15.3. The minimum absolute atomic E-state index is 0.0798. The van der Waals surface area contributed by atoms with Crippen LogP contribution in [-0.4, -0.2) is 38.9 Å². The van der Waals surface area contributed by atoms with Crippen molar-refractivity contribution in [3.8, 4) is 0 Å². The largest absolute Gasteiger partial charge is 0.395 e. The average Bonchev–Trinajstić information content (AvgIpc) is 2.92. The standard InChI is InChI=1S/C13H16ClN5O2/c14-13-10(2-1-3-16-13)6-17-11-7-18-19(8-11)9-12(21)15-4-5-20/h1-3,7-8,17,20H,4-6,9H2,(H,15,21). The molecule has 21 heavy (non-hydrogen) atoms. The van der Waals surface area contributed by atoms with Crippen LogP contribution in [-0.2, 0) is 17.9 Å². The van der Waals surface area contributed by atoms with Crippen LogP contribution in [0, 0.1) is 0 Å². The zero-order valence-electron chi connectivity index (χ0n) is 11.3. The number of hydrogen-bond acceptors (Lipinski definition) is 5. The van der Waals surface area contributed by atoms with Crippen LogP contribution in [0.15, 0.2) is 30.7 Å². The molecule has 0 aromatic carbocycles. The molecule has 0 saturated heterocycles. The summed E-state index contributed by atoms with van der Waals surface area (Å²) >= 11 is 5.97. The monoisotopic (exact) mass is 309 g/mol. The van der Waals surface area contributed by atoms with E-state index in [1.54, 1.807) is 18.6 Å². The second-order valence-corrected chi connectivity index (χ2v) is 4.67. The maximum Gasteiger partial charge on any atom is 0.241 e. The number of nitrogens with zero attached hydrogens (tertiary/aromatic N) is 3. The van der Waals surface area contributed by atoms with E-state index in [2.05, 4.69) is 20.7 Å². The van der Waals surface area contributed by atoms with Crippen molar-refractivity contribution in [1.29, 1.82) is 0 Å². The van der Waals surface area contributed by atoms with Crippen molar-refractivity contribution in [2.45, 2.75) is 13.1 Å². The quantitative estimate of drug-likeness (QED) is 0.653. The molecule has 0 spiro atoms. The van der Waals surface area contributed by atoms with E-state index in [9.17, 15) is 4.79 Å². The van der Waals surface area contributed by atoms with Crippen LogP contribution in [0.5, 0.6) is 0 Å². The number of carbonyl (C=O) groups is 1. The van der Waals surface area contributed by atoms with Crippen LogP contribution in [0.2, 0.25) is 5.15 Å². The van der Waals surface area contributed by atoms with E-state index in [0.29, 0.717) is 11.7 Å². The van der Waals surface area contributed by atoms with Gasteiger partial charge in [-0.3, -0.25) is 9.48 Å². The topological polar surface area (TPSA) is 92.1 Å². The van der Waals surface area contributed by atoms with Gasteiger partial charge in [0.1, 0.15) is 11.7 Å². The molecule has 0 aliphatic carbocycles. The Kier molecular flexibility index (Phi) is 5.53. The van der Waals surface area contributed by atoms with E-state index in [-0.39, 0.29) is 25.6 Å². The molecule has 2 aromatic heterocycles. The van der Waals surface area contributed by atoms with Gasteiger partial charge in [-0.1, -0.05) is 17.7 Å². The smallest absolute Gasteiger partial charge is 0.241 e. The fourth-order valence-electron chi connectivity index (χ4n) is 1.69. The molecule has 0 fully saturated rings. The second-order valence-electron chi connectivity index (χ2n) is 4.31. The van der Waals surface area contributed by atoms with Gasteiger partial charge in [0.15, 0.2) is 0 Å². The summed E-state index contributed by atoms with van der Waals surface area (Å²) in [6, 6.07) is 3.70. The highest BCUT2D eigenvalue weighted by atomic mass is 35.5. The summed E-state index contributed by atoms with van der Waals surface area (Å²) in [7, 11) is 0. The maximum atomic E-state index is 11.5. The summed E-state index contributed by atoms with van der Waals surface area (Å²) in [6.07, 6.45) is 4.99. The predicted molar refractivity (Wildman–Crippen MR) is 78.9 cm³/mol. The molecule has 2 rings (SSSR count). The normalized spacial score (nSPS) is 10.4. The van der Waals surface area contributed by atoms with Crippen molar-refractivity contribution in [2.24, 2.45) is 0 Å². The number of halogens is 1. The first-order valence-electron chi connectivity index (χ1n) is 6.42. The van der Waals surface area contributed by atoms with E-state index in [1.165, 1.54) is 4.68 Å². The first-order chi connectivity index (χ1) is 10.2. The minimum atomic E-state index is -0.200. The molecule has 3 N–H and O–H groups in total. The van der Waals surface area contributed by atoms with Crippen LogP contribution in [0.3, 0.4) is 0 Å². The average molecular weight is 310 g/mol. The number of carbonyl (C=O) groups excluding carboxylic acids is 1. The molecular weight excluding hydrogens is 294 g/mol. The fourth-order valence-corrected chi connectivity index (χ4v) is 1.87. The third-order valence-electron chi connectivity index (χ3n) is 2.69.